The van der Waals surface area contributed by atoms with Crippen molar-refractivity contribution in [1.82, 2.24) is 20.1 Å². The molecule has 1 saturated heterocycles. The molecule has 0 spiro atoms. The maximum atomic E-state index is 14.7. The summed E-state index contributed by atoms with van der Waals surface area (Å²) >= 11 is 5.93. The second-order valence-corrected chi connectivity index (χ2v) is 10.1. The van der Waals surface area contributed by atoms with Gasteiger partial charge in [-0.15, -0.1) is 0 Å². The van der Waals surface area contributed by atoms with Gasteiger partial charge < -0.3 is 36.2 Å². The van der Waals surface area contributed by atoms with Gasteiger partial charge in [-0.1, -0.05) is 17.7 Å². The molecule has 0 bridgehead atoms. The first-order valence-corrected chi connectivity index (χ1v) is 13.3. The number of ether oxygens (including phenoxy) is 1. The van der Waals surface area contributed by atoms with Gasteiger partial charge >= 0.3 is 6.09 Å². The molecule has 1 atom stereocenters. The molecule has 214 valence electrons. The van der Waals surface area contributed by atoms with Gasteiger partial charge in [-0.3, -0.25) is 10.1 Å². The molecule has 0 radical (unpaired) electrons. The van der Waals surface area contributed by atoms with Crippen molar-refractivity contribution in [2.24, 2.45) is 11.5 Å². The quantitative estimate of drug-likeness (QED) is 0.263. The summed E-state index contributed by atoms with van der Waals surface area (Å²) in [6, 6.07) is 6.79. The summed E-state index contributed by atoms with van der Waals surface area (Å²) in [5, 5.41) is 5.23. The molecular weight excluding hydrogens is 539 g/mol. The van der Waals surface area contributed by atoms with Crippen molar-refractivity contribution in [2.45, 2.75) is 19.1 Å². The average Bonchev–Trinajstić information content (AvgIpc) is 2.95. The van der Waals surface area contributed by atoms with E-state index in [1.807, 2.05) is 12.1 Å². The van der Waals surface area contributed by atoms with E-state index in [0.717, 1.165) is 37.6 Å². The van der Waals surface area contributed by atoms with Crippen LogP contribution in [0.15, 0.2) is 54.1 Å². The summed E-state index contributed by atoms with van der Waals surface area (Å²) in [4.78, 5) is 35.4. The molecule has 13 heteroatoms. The molecule has 1 aromatic heterocycles. The summed E-state index contributed by atoms with van der Waals surface area (Å²) in [6.07, 6.45) is 3.06. The molecule has 3 heterocycles. The van der Waals surface area contributed by atoms with E-state index in [-0.39, 0.29) is 41.5 Å². The van der Waals surface area contributed by atoms with Gasteiger partial charge in [0.05, 0.1) is 27.7 Å². The second-order valence-electron chi connectivity index (χ2n) is 9.74. The van der Waals surface area contributed by atoms with Gasteiger partial charge in [0.25, 0.3) is 5.91 Å². The number of hydrogen-bond donors (Lipinski definition) is 4. The monoisotopic (exact) mass is 572 g/mol. The van der Waals surface area contributed by atoms with E-state index >= 15 is 0 Å². The number of amides is 2. The zero-order valence-electron chi connectivity index (χ0n) is 22.5. The van der Waals surface area contributed by atoms with E-state index in [0.29, 0.717) is 5.69 Å². The molecule has 1 fully saturated rings. The van der Waals surface area contributed by atoms with E-state index in [1.165, 1.54) is 24.4 Å². The smallest absolute Gasteiger partial charge is 0.412 e. The van der Waals surface area contributed by atoms with Crippen molar-refractivity contribution < 1.29 is 18.7 Å². The molecule has 1 unspecified atom stereocenters. The number of anilines is 2. The van der Waals surface area contributed by atoms with Crippen LogP contribution in [0.3, 0.4) is 0 Å². The van der Waals surface area contributed by atoms with Crippen LogP contribution in [0.1, 0.15) is 23.7 Å². The second kappa shape index (κ2) is 12.9. The van der Waals surface area contributed by atoms with Gasteiger partial charge in [-0.25, -0.2) is 14.2 Å². The van der Waals surface area contributed by atoms with Crippen LogP contribution in [-0.4, -0.2) is 73.6 Å². The minimum Gasteiger partial charge on any atom is -0.441 e. The zero-order chi connectivity index (χ0) is 28.8. The number of pyridine rings is 1. The number of nitrogens with one attached hydrogen (secondary N) is 2. The number of nitrogens with zero attached hydrogens (tertiary/aromatic N) is 4. The summed E-state index contributed by atoms with van der Waals surface area (Å²) in [5.41, 5.74) is 13.4. The molecule has 2 aromatic rings. The molecule has 1 aromatic carbocycles. The number of benzene rings is 1. The number of piperazine rings is 1. The molecule has 11 nitrogen and oxygen atoms in total. The average molecular weight is 573 g/mol. The van der Waals surface area contributed by atoms with Crippen molar-refractivity contribution in [2.75, 3.05) is 57.0 Å². The SMILES string of the molecule is CN1CCN(c2ccc(CNC(=O)C(=C/N)/C=C(\N)N(C)CCC3OC(=O)Nc4ccc(Cl)c(F)c43)cn2)CC1. The lowest BCUT2D eigenvalue weighted by atomic mass is 10.0. The van der Waals surface area contributed by atoms with Gasteiger partial charge in [-0.05, 0) is 36.9 Å². The summed E-state index contributed by atoms with van der Waals surface area (Å²) < 4.78 is 20.0. The Morgan fingerprint density at radius 2 is 2.05 bits per heavy atom. The summed E-state index contributed by atoms with van der Waals surface area (Å²) in [5.74, 6) is 0.111. The fourth-order valence-electron chi connectivity index (χ4n) is 4.45. The molecule has 0 aliphatic carbocycles. The molecule has 4 rings (SSSR count). The third-order valence-corrected chi connectivity index (χ3v) is 7.23. The zero-order valence-corrected chi connectivity index (χ0v) is 23.2. The maximum Gasteiger partial charge on any atom is 0.412 e. The van der Waals surface area contributed by atoms with E-state index < -0.39 is 23.9 Å². The highest BCUT2D eigenvalue weighted by Crippen LogP contribution is 2.37. The number of hydrogen-bond acceptors (Lipinski definition) is 9. The first-order chi connectivity index (χ1) is 19.2. The number of aromatic nitrogens is 1. The molecule has 0 saturated carbocycles. The van der Waals surface area contributed by atoms with Crippen LogP contribution < -0.4 is 27.0 Å². The lowest BCUT2D eigenvalue weighted by Gasteiger charge is -2.33. The Morgan fingerprint density at radius 3 is 2.73 bits per heavy atom. The highest BCUT2D eigenvalue weighted by Gasteiger charge is 2.30. The topological polar surface area (TPSA) is 142 Å². The fourth-order valence-corrected chi connectivity index (χ4v) is 4.61. The maximum absolute atomic E-state index is 14.7. The predicted octanol–water partition coefficient (Wildman–Crippen LogP) is 2.51. The van der Waals surface area contributed by atoms with E-state index in [4.69, 9.17) is 27.8 Å². The van der Waals surface area contributed by atoms with Crippen molar-refractivity contribution in [1.29, 1.82) is 0 Å². The van der Waals surface area contributed by atoms with Crippen LogP contribution in [0.5, 0.6) is 0 Å². The van der Waals surface area contributed by atoms with Gasteiger partial charge in [0, 0.05) is 65.1 Å². The third-order valence-electron chi connectivity index (χ3n) is 6.94. The Hall–Kier alpha value is -4.03. The molecule has 40 heavy (non-hydrogen) atoms. The molecule has 2 aliphatic rings. The lowest BCUT2D eigenvalue weighted by Crippen LogP contribution is -2.44. The molecule has 6 N–H and O–H groups in total. The highest BCUT2D eigenvalue weighted by atomic mass is 35.5. The normalized spacial score (nSPS) is 18.1. The number of cyclic esters (lactones) is 1. The minimum absolute atomic E-state index is 0.0678. The van der Waals surface area contributed by atoms with Gasteiger partial charge in [0.15, 0.2) is 5.82 Å². The van der Waals surface area contributed by atoms with E-state index in [9.17, 15) is 14.0 Å². The van der Waals surface area contributed by atoms with Crippen molar-refractivity contribution >= 4 is 35.1 Å². The molecule has 2 amide bonds. The third kappa shape index (κ3) is 6.93. The van der Waals surface area contributed by atoms with Crippen LogP contribution in [0.2, 0.25) is 5.02 Å². The number of carbonyl (C=O) groups is 2. The number of fused-ring (bicyclic) bond motifs is 1. The Kier molecular flexibility index (Phi) is 9.33. The molecular formula is C27H34ClFN8O3. The van der Waals surface area contributed by atoms with Crippen LogP contribution in [-0.2, 0) is 16.1 Å². The minimum atomic E-state index is -0.859. The number of rotatable bonds is 9. The Balaban J connectivity index is 1.31. The number of halogens is 2. The van der Waals surface area contributed by atoms with Gasteiger partial charge in [0.1, 0.15) is 11.9 Å². The summed E-state index contributed by atoms with van der Waals surface area (Å²) in [6.45, 7) is 4.39. The Labute approximate surface area is 237 Å². The Morgan fingerprint density at radius 1 is 1.30 bits per heavy atom. The standard InChI is InChI=1S/C27H34ClFN8O3/c1-35-9-11-37(12-10-35)23-6-3-17(15-32-23)16-33-26(38)18(14-30)13-22(31)36(2)8-7-21-24-20(34-27(39)40-21)5-4-19(28)25(24)29/h3-6,13-15,21H,7-12,16,30-31H2,1-2H3,(H,33,38)(H,34,39)/b18-14+,22-13+. The van der Waals surface area contributed by atoms with Gasteiger partial charge in [-0.2, -0.15) is 0 Å². The highest BCUT2D eigenvalue weighted by molar-refractivity contribution is 6.31. The first kappa shape index (κ1) is 29.0. The van der Waals surface area contributed by atoms with Crippen molar-refractivity contribution in [3.05, 3.63) is 76.1 Å². The fraction of sp³-hybridized carbons (Fsp3) is 0.370. The number of nitrogens with two attached hydrogens (primary N) is 2. The van der Waals surface area contributed by atoms with E-state index in [1.54, 1.807) is 18.1 Å². The van der Waals surface area contributed by atoms with Crippen molar-refractivity contribution in [3.63, 3.8) is 0 Å². The van der Waals surface area contributed by atoms with Crippen LogP contribution in [0.25, 0.3) is 0 Å². The largest absolute Gasteiger partial charge is 0.441 e. The van der Waals surface area contributed by atoms with Crippen molar-refractivity contribution in [3.8, 4) is 0 Å². The predicted molar refractivity (Wildman–Crippen MR) is 152 cm³/mol. The van der Waals surface area contributed by atoms with Crippen LogP contribution in [0.4, 0.5) is 20.7 Å². The van der Waals surface area contributed by atoms with Crippen LogP contribution in [0, 0.1) is 5.82 Å². The van der Waals surface area contributed by atoms with E-state index in [2.05, 4.69) is 32.5 Å². The first-order valence-electron chi connectivity index (χ1n) is 12.9. The lowest BCUT2D eigenvalue weighted by molar-refractivity contribution is -0.117. The molecule has 2 aliphatic heterocycles. The Bertz CT molecular complexity index is 1300. The number of carbonyl (C=O) groups excluding carboxylic acids is 2. The van der Waals surface area contributed by atoms with Gasteiger partial charge in [0.2, 0.25) is 0 Å². The van der Waals surface area contributed by atoms with Crippen LogP contribution >= 0.6 is 11.6 Å². The number of likely N-dealkylation sites (N-methyl/N-ethyl adjacent to an activating group) is 1. The summed E-state index contributed by atoms with van der Waals surface area (Å²) in [7, 11) is 3.80.